The highest BCUT2D eigenvalue weighted by atomic mass is 32.2. The van der Waals surface area contributed by atoms with Gasteiger partial charge in [0.2, 0.25) is 15.9 Å². The second kappa shape index (κ2) is 5.67. The number of halogens is 3. The predicted octanol–water partition coefficient (Wildman–Crippen LogP) is 2.45. The third-order valence-corrected chi connectivity index (χ3v) is 4.60. The fourth-order valence-electron chi connectivity index (χ4n) is 2.07. The summed E-state index contributed by atoms with van der Waals surface area (Å²) < 4.78 is 63.9. The van der Waals surface area contributed by atoms with E-state index in [0.29, 0.717) is 12.8 Å². The lowest BCUT2D eigenvalue weighted by molar-refractivity contribution is -0.138. The smallest absolute Gasteiger partial charge is 0.274 e. The van der Waals surface area contributed by atoms with Crippen molar-refractivity contribution in [2.45, 2.75) is 31.2 Å². The summed E-state index contributed by atoms with van der Waals surface area (Å²) in [5.41, 5.74) is -1.38. The molecule has 0 radical (unpaired) electrons. The largest absolute Gasteiger partial charge is 0.416 e. The van der Waals surface area contributed by atoms with Gasteiger partial charge in [0.25, 0.3) is 0 Å². The summed E-state index contributed by atoms with van der Waals surface area (Å²) in [5.74, 6) is -1.86. The molecule has 0 atom stereocenters. The highest BCUT2D eigenvalue weighted by Crippen LogP contribution is 2.32. The highest BCUT2D eigenvalue weighted by molar-refractivity contribution is 7.89. The predicted molar refractivity (Wildman–Crippen MR) is 69.6 cm³/mol. The summed E-state index contributed by atoms with van der Waals surface area (Å²) >= 11 is 0. The Morgan fingerprint density at radius 3 is 2.38 bits per heavy atom. The van der Waals surface area contributed by atoms with Crippen LogP contribution < -0.4 is 4.72 Å². The Morgan fingerprint density at radius 2 is 1.86 bits per heavy atom. The van der Waals surface area contributed by atoms with E-state index < -0.39 is 33.4 Å². The molecule has 0 unspecified atom stereocenters. The number of hydrogen-bond acceptors (Lipinski definition) is 3. The minimum Gasteiger partial charge on any atom is -0.274 e. The standard InChI is InChI=1S/C13H14F3NO3S/c14-13(15,16)11-7-2-1-4-10(11)8-21(19,20)17-12(18)9-5-3-6-9/h1-2,4,7,9H,3,5-6,8H2,(H,17,18). The van der Waals surface area contributed by atoms with Gasteiger partial charge in [-0.2, -0.15) is 13.2 Å². The van der Waals surface area contributed by atoms with Crippen LogP contribution >= 0.6 is 0 Å². The van der Waals surface area contributed by atoms with E-state index in [1.54, 1.807) is 0 Å². The molecule has 116 valence electrons. The Morgan fingerprint density at radius 1 is 1.24 bits per heavy atom. The molecule has 0 saturated heterocycles. The van der Waals surface area contributed by atoms with Crippen LogP contribution in [0.3, 0.4) is 0 Å². The molecular formula is C13H14F3NO3S. The Labute approximate surface area is 120 Å². The summed E-state index contributed by atoms with van der Waals surface area (Å²) in [6.45, 7) is 0. The molecule has 1 fully saturated rings. The van der Waals surface area contributed by atoms with E-state index in [9.17, 15) is 26.4 Å². The SMILES string of the molecule is O=C(NS(=O)(=O)Cc1ccccc1C(F)(F)F)C1CCC1. The van der Waals surface area contributed by atoms with Crippen molar-refractivity contribution in [3.8, 4) is 0 Å². The van der Waals surface area contributed by atoms with Crippen molar-refractivity contribution in [2.75, 3.05) is 0 Å². The number of rotatable bonds is 4. The maximum atomic E-state index is 12.8. The van der Waals surface area contributed by atoms with E-state index >= 15 is 0 Å². The number of carbonyl (C=O) groups is 1. The summed E-state index contributed by atoms with van der Waals surface area (Å²) in [5, 5.41) is 0. The Balaban J connectivity index is 2.15. The van der Waals surface area contributed by atoms with Crippen LogP contribution in [-0.4, -0.2) is 14.3 Å². The Bertz CT molecular complexity index is 636. The van der Waals surface area contributed by atoms with Gasteiger partial charge in [-0.1, -0.05) is 24.6 Å². The molecule has 0 aliphatic heterocycles. The monoisotopic (exact) mass is 321 g/mol. The first-order valence-electron chi connectivity index (χ1n) is 6.38. The van der Waals surface area contributed by atoms with Crippen molar-refractivity contribution >= 4 is 15.9 Å². The van der Waals surface area contributed by atoms with Crippen LogP contribution in [0.1, 0.15) is 30.4 Å². The van der Waals surface area contributed by atoms with E-state index in [1.807, 2.05) is 4.72 Å². The molecule has 1 aliphatic carbocycles. The van der Waals surface area contributed by atoms with Crippen LogP contribution in [-0.2, 0) is 26.7 Å². The molecule has 1 aromatic carbocycles. The number of sulfonamides is 1. The maximum absolute atomic E-state index is 12.8. The molecule has 0 aromatic heterocycles. The second-order valence-corrected chi connectivity index (χ2v) is 6.73. The van der Waals surface area contributed by atoms with Gasteiger partial charge < -0.3 is 0 Å². The molecule has 0 spiro atoms. The van der Waals surface area contributed by atoms with E-state index in [0.717, 1.165) is 18.6 Å². The van der Waals surface area contributed by atoms with Crippen LogP contribution in [0.4, 0.5) is 13.2 Å². The number of benzene rings is 1. The summed E-state index contributed by atoms with van der Waals surface area (Å²) in [4.78, 5) is 11.6. The zero-order chi connectivity index (χ0) is 15.7. The number of alkyl halides is 3. The molecule has 1 aromatic rings. The van der Waals surface area contributed by atoms with Crippen molar-refractivity contribution in [1.29, 1.82) is 0 Å². The van der Waals surface area contributed by atoms with E-state index in [-0.39, 0.29) is 11.5 Å². The van der Waals surface area contributed by atoms with E-state index in [4.69, 9.17) is 0 Å². The van der Waals surface area contributed by atoms with Crippen molar-refractivity contribution < 1.29 is 26.4 Å². The van der Waals surface area contributed by atoms with Gasteiger partial charge in [0, 0.05) is 5.92 Å². The van der Waals surface area contributed by atoms with Crippen LogP contribution in [0.2, 0.25) is 0 Å². The summed E-state index contributed by atoms with van der Waals surface area (Å²) in [6, 6.07) is 4.42. The molecule has 1 saturated carbocycles. The molecule has 21 heavy (non-hydrogen) atoms. The quantitative estimate of drug-likeness (QED) is 0.926. The molecule has 0 bridgehead atoms. The molecule has 1 aliphatic rings. The van der Waals surface area contributed by atoms with Crippen molar-refractivity contribution in [3.05, 3.63) is 35.4 Å². The van der Waals surface area contributed by atoms with Gasteiger partial charge in [-0.05, 0) is 24.5 Å². The van der Waals surface area contributed by atoms with Crippen LogP contribution in [0, 0.1) is 5.92 Å². The number of nitrogens with one attached hydrogen (secondary N) is 1. The molecule has 1 amide bonds. The average molecular weight is 321 g/mol. The van der Waals surface area contributed by atoms with Crippen LogP contribution in [0.25, 0.3) is 0 Å². The van der Waals surface area contributed by atoms with E-state index in [2.05, 4.69) is 0 Å². The number of amides is 1. The molecule has 8 heteroatoms. The zero-order valence-electron chi connectivity index (χ0n) is 11.0. The van der Waals surface area contributed by atoms with Crippen LogP contribution in [0.5, 0.6) is 0 Å². The fraction of sp³-hybridized carbons (Fsp3) is 0.462. The third kappa shape index (κ3) is 3.96. The van der Waals surface area contributed by atoms with Crippen LogP contribution in [0.15, 0.2) is 24.3 Å². The minimum absolute atomic E-state index is 0.349. The molecule has 1 N–H and O–H groups in total. The Kier molecular flexibility index (Phi) is 4.27. The van der Waals surface area contributed by atoms with Crippen molar-refractivity contribution in [3.63, 3.8) is 0 Å². The lowest BCUT2D eigenvalue weighted by Crippen LogP contribution is -2.39. The topological polar surface area (TPSA) is 63.2 Å². The third-order valence-electron chi connectivity index (χ3n) is 3.40. The second-order valence-electron chi connectivity index (χ2n) is 5.01. The van der Waals surface area contributed by atoms with Gasteiger partial charge in [-0.3, -0.25) is 9.52 Å². The van der Waals surface area contributed by atoms with Gasteiger partial charge in [0.05, 0.1) is 11.3 Å². The molecular weight excluding hydrogens is 307 g/mol. The molecule has 2 rings (SSSR count). The first-order valence-corrected chi connectivity index (χ1v) is 8.04. The average Bonchev–Trinajstić information content (AvgIpc) is 2.23. The Hall–Kier alpha value is -1.57. The van der Waals surface area contributed by atoms with Gasteiger partial charge >= 0.3 is 6.18 Å². The molecule has 0 heterocycles. The first-order chi connectivity index (χ1) is 9.69. The van der Waals surface area contributed by atoms with Crippen molar-refractivity contribution in [2.24, 2.45) is 5.92 Å². The lowest BCUT2D eigenvalue weighted by Gasteiger charge is -2.24. The normalized spacial score (nSPS) is 16.3. The molecule has 4 nitrogen and oxygen atoms in total. The summed E-state index contributed by atoms with van der Waals surface area (Å²) in [6.07, 6.45) is -2.56. The zero-order valence-corrected chi connectivity index (χ0v) is 11.8. The number of hydrogen-bond donors (Lipinski definition) is 1. The first kappa shape index (κ1) is 15.8. The summed E-state index contributed by atoms with van der Waals surface area (Å²) in [7, 11) is -4.14. The lowest BCUT2D eigenvalue weighted by atomic mass is 9.85. The van der Waals surface area contributed by atoms with Crippen molar-refractivity contribution in [1.82, 2.24) is 4.72 Å². The number of carbonyl (C=O) groups excluding carboxylic acids is 1. The minimum atomic E-state index is -4.63. The maximum Gasteiger partial charge on any atom is 0.416 e. The van der Waals surface area contributed by atoms with Gasteiger partial charge in [-0.25, -0.2) is 8.42 Å². The van der Waals surface area contributed by atoms with Gasteiger partial charge in [0.15, 0.2) is 0 Å². The fourth-order valence-corrected chi connectivity index (χ4v) is 3.28. The van der Waals surface area contributed by atoms with E-state index in [1.165, 1.54) is 12.1 Å². The van der Waals surface area contributed by atoms with Gasteiger partial charge in [-0.15, -0.1) is 0 Å². The van der Waals surface area contributed by atoms with Gasteiger partial charge in [0.1, 0.15) is 0 Å². The highest BCUT2D eigenvalue weighted by Gasteiger charge is 2.35.